The largest absolute Gasteiger partial charge is 0.507 e. The van der Waals surface area contributed by atoms with Crippen LogP contribution in [0.1, 0.15) is 28.3 Å². The SMILES string of the molecule is Nc1cc(NC2=NCC(O)CN2)cc(C(=O)NCC(=O)CNC[C@H](CC(=O)O)c2cc(Cl)cc(I)c2O)c1. The number of carbonyl (C=O) groups excluding carboxylic acids is 2. The number of aromatic hydroxyl groups is 1. The minimum Gasteiger partial charge on any atom is -0.507 e. The summed E-state index contributed by atoms with van der Waals surface area (Å²) in [6.07, 6.45) is -0.846. The van der Waals surface area contributed by atoms with Gasteiger partial charge in [-0.1, -0.05) is 11.6 Å². The van der Waals surface area contributed by atoms with Crippen LogP contribution in [0.4, 0.5) is 11.4 Å². The fourth-order valence-electron chi connectivity index (χ4n) is 3.74. The highest BCUT2D eigenvalue weighted by Gasteiger charge is 2.21. The van der Waals surface area contributed by atoms with E-state index in [9.17, 15) is 29.7 Å². The number of hydrogen-bond acceptors (Lipinski definition) is 10. The summed E-state index contributed by atoms with van der Waals surface area (Å²) in [7, 11) is 0. The minimum absolute atomic E-state index is 0.0541. The van der Waals surface area contributed by atoms with Crippen LogP contribution in [0.15, 0.2) is 35.3 Å². The van der Waals surface area contributed by atoms with Gasteiger partial charge in [0.25, 0.3) is 5.91 Å². The maximum atomic E-state index is 12.6. The molecule has 0 bridgehead atoms. The van der Waals surface area contributed by atoms with Gasteiger partial charge in [0.1, 0.15) is 5.75 Å². The number of β-amino-alcohol motifs (C(OH)–C–C–N with tert-alkyl or cyclic N) is 1. The number of carboxylic acid groups (broad SMARTS) is 1. The number of benzene rings is 2. The Morgan fingerprint density at radius 3 is 2.66 bits per heavy atom. The van der Waals surface area contributed by atoms with Gasteiger partial charge >= 0.3 is 5.97 Å². The molecule has 1 aliphatic heterocycles. The van der Waals surface area contributed by atoms with E-state index < -0.39 is 23.9 Å². The fourth-order valence-corrected chi connectivity index (χ4v) is 4.79. The van der Waals surface area contributed by atoms with Crippen LogP contribution >= 0.6 is 34.2 Å². The summed E-state index contributed by atoms with van der Waals surface area (Å²) >= 11 is 7.98. The summed E-state index contributed by atoms with van der Waals surface area (Å²) in [5.74, 6) is -2.16. The standard InChI is InChI=1S/C24H28ClIN6O6/c25-14-4-19(22(37)20(26)5-14)13(3-21(35)36)7-28-8-17(33)9-29-23(38)12-1-15(27)6-16(2-12)32-24-30-10-18(34)11-31-24/h1-2,4-6,13,18,28,34,37H,3,7-11,27H2,(H,29,38)(H,35,36)(H2,30,31,32)/t13-/m0/s1. The van der Waals surface area contributed by atoms with Gasteiger partial charge in [0, 0.05) is 46.5 Å². The number of aliphatic imine (C=N–C) groups is 1. The van der Waals surface area contributed by atoms with E-state index in [1.807, 2.05) is 22.6 Å². The van der Waals surface area contributed by atoms with Gasteiger partial charge in [0.2, 0.25) is 0 Å². The van der Waals surface area contributed by atoms with Crippen molar-refractivity contribution in [2.45, 2.75) is 18.4 Å². The Hall–Kier alpha value is -3.14. The summed E-state index contributed by atoms with van der Waals surface area (Å²) < 4.78 is 0.487. The lowest BCUT2D eigenvalue weighted by molar-refractivity contribution is -0.137. The molecule has 204 valence electrons. The average Bonchev–Trinajstić information content (AvgIpc) is 2.85. The van der Waals surface area contributed by atoms with Gasteiger partial charge in [0.05, 0.1) is 35.7 Å². The molecule has 2 atom stereocenters. The Morgan fingerprint density at radius 1 is 1.21 bits per heavy atom. The van der Waals surface area contributed by atoms with Gasteiger partial charge < -0.3 is 42.3 Å². The van der Waals surface area contributed by atoms with Crippen LogP contribution in [0.25, 0.3) is 0 Å². The number of nitrogens with two attached hydrogens (primary N) is 1. The molecule has 2 aromatic carbocycles. The molecule has 1 heterocycles. The van der Waals surface area contributed by atoms with Crippen LogP contribution in [0.5, 0.6) is 5.75 Å². The predicted molar refractivity (Wildman–Crippen MR) is 152 cm³/mol. The summed E-state index contributed by atoms with van der Waals surface area (Å²) in [6.45, 7) is 0.288. The zero-order valence-electron chi connectivity index (χ0n) is 20.1. The second kappa shape index (κ2) is 13.6. The third-order valence-electron chi connectivity index (χ3n) is 5.52. The van der Waals surface area contributed by atoms with Gasteiger partial charge in [0.15, 0.2) is 11.7 Å². The highest BCUT2D eigenvalue weighted by Crippen LogP contribution is 2.34. The number of carbonyl (C=O) groups is 3. The van der Waals surface area contributed by atoms with Crippen LogP contribution < -0.4 is 27.0 Å². The number of nitrogens with one attached hydrogen (secondary N) is 4. The number of hydrogen-bond donors (Lipinski definition) is 8. The molecule has 0 saturated carbocycles. The van der Waals surface area contributed by atoms with E-state index in [1.54, 1.807) is 18.2 Å². The van der Waals surface area contributed by atoms with Crippen LogP contribution in [-0.4, -0.2) is 77.8 Å². The van der Waals surface area contributed by atoms with Gasteiger partial charge in [-0.05, 0) is 52.9 Å². The Labute approximate surface area is 237 Å². The molecular weight excluding hydrogens is 631 g/mol. The maximum absolute atomic E-state index is 12.6. The summed E-state index contributed by atoms with van der Waals surface area (Å²) in [5, 5.41) is 40.9. The maximum Gasteiger partial charge on any atom is 0.304 e. The normalized spacial score (nSPS) is 15.7. The number of rotatable bonds is 11. The van der Waals surface area contributed by atoms with E-state index in [2.05, 4.69) is 26.3 Å². The number of amides is 1. The number of aliphatic hydroxyl groups excluding tert-OH is 1. The number of guanidine groups is 1. The van der Waals surface area contributed by atoms with Crippen molar-refractivity contribution in [1.82, 2.24) is 16.0 Å². The molecule has 38 heavy (non-hydrogen) atoms. The highest BCUT2D eigenvalue weighted by molar-refractivity contribution is 14.1. The van der Waals surface area contributed by atoms with Crippen molar-refractivity contribution >= 4 is 69.2 Å². The van der Waals surface area contributed by atoms with Crippen molar-refractivity contribution in [3.63, 3.8) is 0 Å². The average molecular weight is 659 g/mol. The van der Waals surface area contributed by atoms with Crippen LogP contribution in [0.2, 0.25) is 5.02 Å². The quantitative estimate of drug-likeness (QED) is 0.128. The van der Waals surface area contributed by atoms with Crippen LogP contribution in [0.3, 0.4) is 0 Å². The van der Waals surface area contributed by atoms with E-state index in [1.165, 1.54) is 12.1 Å². The van der Waals surface area contributed by atoms with E-state index in [4.69, 9.17) is 17.3 Å². The van der Waals surface area contributed by atoms with Gasteiger partial charge in [-0.2, -0.15) is 0 Å². The second-order valence-electron chi connectivity index (χ2n) is 8.67. The Morgan fingerprint density at radius 2 is 1.97 bits per heavy atom. The van der Waals surface area contributed by atoms with Gasteiger partial charge in [-0.25, -0.2) is 0 Å². The number of halogens is 2. The van der Waals surface area contributed by atoms with Gasteiger partial charge in [-0.15, -0.1) is 0 Å². The van der Waals surface area contributed by atoms with E-state index in [-0.39, 0.29) is 49.7 Å². The van der Waals surface area contributed by atoms with Crippen molar-refractivity contribution in [3.8, 4) is 5.75 Å². The lowest BCUT2D eigenvalue weighted by atomic mass is 9.94. The molecule has 12 nitrogen and oxygen atoms in total. The zero-order chi connectivity index (χ0) is 27.8. The first kappa shape index (κ1) is 29.4. The Kier molecular flexibility index (Phi) is 10.5. The predicted octanol–water partition coefficient (Wildman–Crippen LogP) is 1.11. The number of Topliss-reactive ketones (excluding diaryl/α,β-unsaturated/α-hetero) is 1. The molecule has 3 rings (SSSR count). The molecule has 1 amide bonds. The molecule has 0 fully saturated rings. The number of phenols is 1. The Bertz CT molecular complexity index is 1240. The molecule has 1 unspecified atom stereocenters. The van der Waals surface area contributed by atoms with E-state index >= 15 is 0 Å². The number of aliphatic hydroxyl groups is 1. The lowest BCUT2D eigenvalue weighted by Crippen LogP contribution is -2.42. The smallest absolute Gasteiger partial charge is 0.304 e. The van der Waals surface area contributed by atoms with Gasteiger partial charge in [-0.3, -0.25) is 19.4 Å². The molecule has 0 radical (unpaired) electrons. The number of aliphatic carboxylic acids is 1. The van der Waals surface area contributed by atoms with Crippen molar-refractivity contribution in [1.29, 1.82) is 0 Å². The van der Waals surface area contributed by atoms with Crippen molar-refractivity contribution in [3.05, 3.63) is 50.1 Å². The number of nitrogen functional groups attached to an aromatic ring is 1. The molecule has 2 aromatic rings. The monoisotopic (exact) mass is 658 g/mol. The number of carboxylic acids is 1. The topological polar surface area (TPSA) is 198 Å². The molecule has 0 aromatic heterocycles. The summed E-state index contributed by atoms with van der Waals surface area (Å²) in [4.78, 5) is 40.5. The van der Waals surface area contributed by atoms with Crippen molar-refractivity contribution < 1.29 is 29.7 Å². The minimum atomic E-state index is -1.07. The third kappa shape index (κ3) is 8.72. The van der Waals surface area contributed by atoms with Crippen molar-refractivity contribution in [2.75, 3.05) is 43.8 Å². The molecule has 0 saturated heterocycles. The number of anilines is 2. The van der Waals surface area contributed by atoms with Crippen molar-refractivity contribution in [2.24, 2.45) is 4.99 Å². The first-order chi connectivity index (χ1) is 18.0. The van der Waals surface area contributed by atoms with E-state index in [0.717, 1.165) is 0 Å². The molecule has 1 aliphatic rings. The van der Waals surface area contributed by atoms with Crippen LogP contribution in [0, 0.1) is 3.57 Å². The molecule has 0 aliphatic carbocycles. The Balaban J connectivity index is 1.53. The molecule has 0 spiro atoms. The summed E-state index contributed by atoms with van der Waals surface area (Å²) in [5.41, 5.74) is 7.36. The third-order valence-corrected chi connectivity index (χ3v) is 6.56. The summed E-state index contributed by atoms with van der Waals surface area (Å²) in [6, 6.07) is 7.71. The second-order valence-corrected chi connectivity index (χ2v) is 10.3. The zero-order valence-corrected chi connectivity index (χ0v) is 23.0. The number of nitrogens with zero attached hydrogens (tertiary/aromatic N) is 1. The molecule has 14 heteroatoms. The highest BCUT2D eigenvalue weighted by atomic mass is 127. The molecular formula is C24H28ClIN6O6. The fraction of sp³-hybridized carbons (Fsp3) is 0.333. The number of ketones is 1. The first-order valence-electron chi connectivity index (χ1n) is 11.6. The lowest BCUT2D eigenvalue weighted by Gasteiger charge is -2.20. The molecule has 9 N–H and O–H groups in total. The van der Waals surface area contributed by atoms with E-state index in [0.29, 0.717) is 38.0 Å². The van der Waals surface area contributed by atoms with Crippen LogP contribution in [-0.2, 0) is 9.59 Å². The number of phenolic OH excluding ortho intramolecular Hbond substituents is 1. The first-order valence-corrected chi connectivity index (χ1v) is 13.0.